The van der Waals surface area contributed by atoms with Crippen molar-refractivity contribution in [3.8, 4) is 6.01 Å². The van der Waals surface area contributed by atoms with Gasteiger partial charge in [-0.3, -0.25) is 0 Å². The van der Waals surface area contributed by atoms with Gasteiger partial charge in [0.1, 0.15) is 20.2 Å². The average Bonchev–Trinajstić information content (AvgIpc) is 2.44. The van der Waals surface area contributed by atoms with Gasteiger partial charge in [-0.25, -0.2) is 16.8 Å². The van der Waals surface area contributed by atoms with Gasteiger partial charge in [0.25, 0.3) is 0 Å². The second kappa shape index (κ2) is 9.93. The summed E-state index contributed by atoms with van der Waals surface area (Å²) in [5.41, 5.74) is -0.522. The number of halogens is 1. The summed E-state index contributed by atoms with van der Waals surface area (Å²) in [5.74, 6) is -0.336. The minimum atomic E-state index is -4.99. The molecule has 1 N–H and O–H groups in total. The molecule has 0 bridgehead atoms. The maximum absolute atomic E-state index is 11.3. The Morgan fingerprint density at radius 2 is 1.65 bits per heavy atom. The number of hydrogen-bond acceptors (Lipinski definition) is 11. The first-order chi connectivity index (χ1) is 11.0. The fourth-order valence-corrected chi connectivity index (χ4v) is 2.84. The summed E-state index contributed by atoms with van der Waals surface area (Å²) in [7, 11) is -8.65. The molecule has 130 valence electrons. The molecule has 0 saturated carbocycles. The third-order valence-corrected chi connectivity index (χ3v) is 4.42. The van der Waals surface area contributed by atoms with Crippen LogP contribution >= 0.6 is 11.6 Å². The van der Waals surface area contributed by atoms with Gasteiger partial charge in [0.15, 0.2) is 0 Å². The van der Waals surface area contributed by atoms with Crippen LogP contribution in [0.15, 0.2) is 28.0 Å². The van der Waals surface area contributed by atoms with Crippen LogP contribution in [0.2, 0.25) is 5.28 Å². The molecule has 0 spiro atoms. The largest absolute Gasteiger partial charge is 1.00 e. The number of aromatic nitrogens is 3. The van der Waals surface area contributed by atoms with Crippen molar-refractivity contribution in [3.05, 3.63) is 23.5 Å². The number of hydrogen-bond donors (Lipinski definition) is 1. The van der Waals surface area contributed by atoms with Crippen molar-refractivity contribution in [2.24, 2.45) is 0 Å². The molecule has 0 saturated heterocycles. The van der Waals surface area contributed by atoms with Gasteiger partial charge < -0.3 is 19.2 Å². The van der Waals surface area contributed by atoms with Gasteiger partial charge in [-0.05, 0) is 29.8 Å². The summed E-state index contributed by atoms with van der Waals surface area (Å²) < 4.78 is 71.7. The quantitative estimate of drug-likeness (QED) is 0.346. The molecular formula is C10H7ClN4Na2O7S2. The molecule has 26 heavy (non-hydrogen) atoms. The van der Waals surface area contributed by atoms with Crippen LogP contribution < -0.4 is 69.2 Å². The molecule has 0 radical (unpaired) electrons. The first kappa shape index (κ1) is 25.9. The van der Waals surface area contributed by atoms with E-state index in [9.17, 15) is 25.9 Å². The van der Waals surface area contributed by atoms with Crippen LogP contribution in [0.3, 0.4) is 0 Å². The Labute approximate surface area is 198 Å². The van der Waals surface area contributed by atoms with E-state index in [2.05, 4.69) is 20.3 Å². The predicted octanol–water partition coefficient (Wildman–Crippen LogP) is -5.91. The van der Waals surface area contributed by atoms with Crippen LogP contribution in [0, 0.1) is 0 Å². The van der Waals surface area contributed by atoms with Gasteiger partial charge in [-0.1, -0.05) is 0 Å². The van der Waals surface area contributed by atoms with Gasteiger partial charge in [0.05, 0.1) is 22.6 Å². The van der Waals surface area contributed by atoms with Gasteiger partial charge in [0, 0.05) is 0 Å². The molecule has 0 fully saturated rings. The third kappa shape index (κ3) is 6.83. The van der Waals surface area contributed by atoms with E-state index in [1.54, 1.807) is 0 Å². The van der Waals surface area contributed by atoms with Crippen LogP contribution in [0.1, 0.15) is 0 Å². The van der Waals surface area contributed by atoms with E-state index in [0.717, 1.165) is 0 Å². The van der Waals surface area contributed by atoms with Crippen LogP contribution in [0.25, 0.3) is 0 Å². The Bertz CT molecular complexity index is 1000. The van der Waals surface area contributed by atoms with Crippen LogP contribution in [0.4, 0.5) is 11.6 Å². The average molecular weight is 441 g/mol. The SMILES string of the molecule is COc1nc(Cl)nc(Nc2cc(S(=O)(=O)[O-])ccc2S(=O)(=O)[O-])n1.[Na+].[Na+]. The normalized spacial score (nSPS) is 11.1. The molecule has 1 aromatic carbocycles. The van der Waals surface area contributed by atoms with Gasteiger partial charge >= 0.3 is 65.1 Å². The number of methoxy groups -OCH3 is 1. The van der Waals surface area contributed by atoms with Gasteiger partial charge in [0.2, 0.25) is 11.2 Å². The summed E-state index contributed by atoms with van der Waals surface area (Å²) in [6.45, 7) is 0. The van der Waals surface area contributed by atoms with E-state index in [1.165, 1.54) is 7.11 Å². The molecule has 0 aliphatic heterocycles. The summed E-state index contributed by atoms with van der Waals surface area (Å²) in [5, 5.41) is 1.98. The predicted molar refractivity (Wildman–Crippen MR) is 77.0 cm³/mol. The Morgan fingerprint density at radius 3 is 2.15 bits per heavy atom. The fraction of sp³-hybridized carbons (Fsp3) is 0.100. The summed E-state index contributed by atoms with van der Waals surface area (Å²) >= 11 is 5.62. The van der Waals surface area contributed by atoms with E-state index < -0.39 is 35.7 Å². The van der Waals surface area contributed by atoms with Crippen molar-refractivity contribution in [3.63, 3.8) is 0 Å². The van der Waals surface area contributed by atoms with Crippen LogP contribution in [-0.2, 0) is 20.2 Å². The molecule has 16 heteroatoms. The zero-order chi connectivity index (χ0) is 18.1. The van der Waals surface area contributed by atoms with Crippen molar-refractivity contribution in [1.82, 2.24) is 15.0 Å². The second-order valence-corrected chi connectivity index (χ2v) is 7.17. The molecule has 1 heterocycles. The van der Waals surface area contributed by atoms with Crippen molar-refractivity contribution in [1.29, 1.82) is 0 Å². The smallest absolute Gasteiger partial charge is 0.744 e. The molecule has 2 aromatic rings. The summed E-state index contributed by atoms with van der Waals surface area (Å²) in [6.07, 6.45) is 0. The zero-order valence-electron chi connectivity index (χ0n) is 13.6. The Hall–Kier alpha value is -0.0600. The number of rotatable bonds is 5. The monoisotopic (exact) mass is 440 g/mol. The molecule has 0 atom stereocenters. The topological polar surface area (TPSA) is 174 Å². The van der Waals surface area contributed by atoms with Crippen LogP contribution in [-0.4, -0.2) is 48.0 Å². The molecule has 0 aliphatic carbocycles. The Kier molecular flexibility index (Phi) is 9.91. The van der Waals surface area contributed by atoms with E-state index in [1.807, 2.05) is 0 Å². The minimum Gasteiger partial charge on any atom is -0.744 e. The summed E-state index contributed by atoms with van der Waals surface area (Å²) in [4.78, 5) is 9.32. The van der Waals surface area contributed by atoms with E-state index >= 15 is 0 Å². The first-order valence-corrected chi connectivity index (χ1v) is 8.98. The fourth-order valence-electron chi connectivity index (χ4n) is 1.58. The molecular weight excluding hydrogens is 434 g/mol. The number of anilines is 2. The molecule has 11 nitrogen and oxygen atoms in total. The van der Waals surface area contributed by atoms with Crippen molar-refractivity contribution in [2.75, 3.05) is 12.4 Å². The molecule has 2 rings (SSSR count). The standard InChI is InChI=1S/C10H9ClN4O7S2.2Na/c1-22-10-14-8(11)13-9(15-10)12-6-4-5(23(16,17)18)2-3-7(6)24(19,20)21;;/h2-4H,1H3,(H,16,17,18)(H,19,20,21)(H,12,13,14,15);;/q;2*+1/p-2. The molecule has 0 aliphatic rings. The minimum absolute atomic E-state index is 0. The zero-order valence-corrected chi connectivity index (χ0v) is 20.0. The van der Waals surface area contributed by atoms with Crippen molar-refractivity contribution >= 4 is 43.5 Å². The van der Waals surface area contributed by atoms with E-state index in [4.69, 9.17) is 16.3 Å². The Balaban J connectivity index is 0.00000312. The van der Waals surface area contributed by atoms with Gasteiger partial charge in [-0.15, -0.1) is 0 Å². The Morgan fingerprint density at radius 1 is 1.04 bits per heavy atom. The maximum Gasteiger partial charge on any atom is 1.00 e. The third-order valence-electron chi connectivity index (χ3n) is 2.53. The van der Waals surface area contributed by atoms with E-state index in [-0.39, 0.29) is 76.4 Å². The number of nitrogens with zero attached hydrogens (tertiary/aromatic N) is 3. The van der Waals surface area contributed by atoms with Crippen LogP contribution in [0.5, 0.6) is 6.01 Å². The molecule has 0 amide bonds. The summed E-state index contributed by atoms with van der Waals surface area (Å²) in [6, 6.07) is 1.81. The van der Waals surface area contributed by atoms with Gasteiger partial charge in [-0.2, -0.15) is 15.0 Å². The van der Waals surface area contributed by atoms with Crippen molar-refractivity contribution < 1.29 is 89.8 Å². The first-order valence-electron chi connectivity index (χ1n) is 5.79. The maximum atomic E-state index is 11.3. The molecule has 0 unspecified atom stereocenters. The number of nitrogens with one attached hydrogen (secondary N) is 1. The number of ether oxygens (including phenoxy) is 1. The van der Waals surface area contributed by atoms with Crippen molar-refractivity contribution in [2.45, 2.75) is 9.79 Å². The molecule has 1 aromatic heterocycles. The van der Waals surface area contributed by atoms with E-state index in [0.29, 0.717) is 18.2 Å². The number of benzene rings is 1. The second-order valence-electron chi connectivity index (χ2n) is 4.11.